The van der Waals surface area contributed by atoms with E-state index in [4.69, 9.17) is 14.9 Å². The molecule has 2 N–H and O–H groups in total. The van der Waals surface area contributed by atoms with Gasteiger partial charge in [0, 0.05) is 9.79 Å². The number of rotatable bonds is 7. The van der Waals surface area contributed by atoms with Crippen molar-refractivity contribution >= 4 is 29.7 Å². The third-order valence-electron chi connectivity index (χ3n) is 3.23. The Morgan fingerprint density at radius 2 is 1.72 bits per heavy atom. The van der Waals surface area contributed by atoms with E-state index >= 15 is 0 Å². The summed E-state index contributed by atoms with van der Waals surface area (Å²) in [5.41, 5.74) is 0.856. The first-order chi connectivity index (χ1) is 11.9. The van der Waals surface area contributed by atoms with Gasteiger partial charge in [-0.2, -0.15) is 0 Å². The second kappa shape index (κ2) is 8.34. The predicted molar refractivity (Wildman–Crippen MR) is 91.3 cm³/mol. The zero-order valence-electron chi connectivity index (χ0n) is 13.4. The standard InChI is InChI=1S/C18H16O6S/c1-2-24-18(23)14-10-12(17(21)22)5-8-15(14)25-13-6-3-11(4-7-13)9-16(19)20/h3-8,10H,2,9H2,1H3,(H,19,20)(H,21,22). The van der Waals surface area contributed by atoms with Gasteiger partial charge < -0.3 is 14.9 Å². The molecular weight excluding hydrogens is 344 g/mol. The highest BCUT2D eigenvalue weighted by molar-refractivity contribution is 7.99. The van der Waals surface area contributed by atoms with Crippen molar-refractivity contribution in [3.8, 4) is 0 Å². The number of carbonyl (C=O) groups excluding carboxylic acids is 1. The van der Waals surface area contributed by atoms with Crippen LogP contribution in [0, 0.1) is 0 Å². The molecule has 0 aromatic heterocycles. The molecule has 0 bridgehead atoms. The van der Waals surface area contributed by atoms with Gasteiger partial charge in [-0.25, -0.2) is 9.59 Å². The van der Waals surface area contributed by atoms with Crippen LogP contribution in [0.4, 0.5) is 0 Å². The van der Waals surface area contributed by atoms with E-state index in [1.54, 1.807) is 37.3 Å². The fourth-order valence-electron chi connectivity index (χ4n) is 2.10. The molecule has 2 rings (SSSR count). The van der Waals surface area contributed by atoms with Crippen molar-refractivity contribution in [1.82, 2.24) is 0 Å². The van der Waals surface area contributed by atoms with Crippen LogP contribution >= 0.6 is 11.8 Å². The first kappa shape index (κ1) is 18.5. The average molecular weight is 360 g/mol. The van der Waals surface area contributed by atoms with Gasteiger partial charge in [0.2, 0.25) is 0 Å². The highest BCUT2D eigenvalue weighted by Crippen LogP contribution is 2.32. The normalized spacial score (nSPS) is 10.3. The summed E-state index contributed by atoms with van der Waals surface area (Å²) in [5.74, 6) is -2.62. The Morgan fingerprint density at radius 1 is 1.04 bits per heavy atom. The Labute approximate surface area is 148 Å². The van der Waals surface area contributed by atoms with E-state index in [0.29, 0.717) is 10.5 Å². The molecule has 0 radical (unpaired) electrons. The minimum absolute atomic E-state index is 0.00390. The van der Waals surface area contributed by atoms with Crippen molar-refractivity contribution in [2.24, 2.45) is 0 Å². The van der Waals surface area contributed by atoms with Gasteiger partial charge >= 0.3 is 17.9 Å². The van der Waals surface area contributed by atoms with Crippen molar-refractivity contribution in [2.45, 2.75) is 23.1 Å². The van der Waals surface area contributed by atoms with Crippen LogP contribution in [0.3, 0.4) is 0 Å². The second-order valence-electron chi connectivity index (χ2n) is 5.05. The lowest BCUT2D eigenvalue weighted by Crippen LogP contribution is -2.08. The van der Waals surface area contributed by atoms with Gasteiger partial charge in [0.25, 0.3) is 0 Å². The number of esters is 1. The Morgan fingerprint density at radius 3 is 2.28 bits per heavy atom. The number of hydrogen-bond donors (Lipinski definition) is 2. The molecule has 0 aliphatic heterocycles. The molecule has 0 heterocycles. The highest BCUT2D eigenvalue weighted by atomic mass is 32.2. The molecule has 0 amide bonds. The number of hydrogen-bond acceptors (Lipinski definition) is 5. The number of ether oxygens (including phenoxy) is 1. The van der Waals surface area contributed by atoms with Crippen molar-refractivity contribution in [3.05, 3.63) is 59.2 Å². The zero-order chi connectivity index (χ0) is 18.4. The van der Waals surface area contributed by atoms with E-state index in [0.717, 1.165) is 4.90 Å². The molecule has 6 nitrogen and oxygen atoms in total. The summed E-state index contributed by atoms with van der Waals surface area (Å²) < 4.78 is 4.99. The summed E-state index contributed by atoms with van der Waals surface area (Å²) in [4.78, 5) is 35.3. The second-order valence-corrected chi connectivity index (χ2v) is 6.17. The molecule has 0 fully saturated rings. The fourth-order valence-corrected chi connectivity index (χ4v) is 3.01. The molecule has 0 saturated carbocycles. The summed E-state index contributed by atoms with van der Waals surface area (Å²) in [5, 5.41) is 17.9. The van der Waals surface area contributed by atoms with Gasteiger partial charge in [0.1, 0.15) is 0 Å². The van der Waals surface area contributed by atoms with Crippen LogP contribution in [-0.4, -0.2) is 34.7 Å². The lowest BCUT2D eigenvalue weighted by molar-refractivity contribution is -0.136. The summed E-state index contributed by atoms with van der Waals surface area (Å²) in [6.07, 6.45) is -0.0632. The summed E-state index contributed by atoms with van der Waals surface area (Å²) >= 11 is 1.28. The van der Waals surface area contributed by atoms with Gasteiger partial charge in [-0.3, -0.25) is 4.79 Å². The number of carboxylic acids is 2. The van der Waals surface area contributed by atoms with E-state index in [2.05, 4.69) is 0 Å². The Balaban J connectivity index is 2.29. The van der Waals surface area contributed by atoms with Crippen LogP contribution in [0.1, 0.15) is 33.2 Å². The van der Waals surface area contributed by atoms with Crippen LogP contribution in [0.2, 0.25) is 0 Å². The summed E-state index contributed by atoms with van der Waals surface area (Å²) in [6, 6.07) is 11.2. The Bertz CT molecular complexity index is 798. The minimum Gasteiger partial charge on any atom is -0.481 e. The van der Waals surface area contributed by atoms with E-state index in [9.17, 15) is 14.4 Å². The molecule has 0 aliphatic carbocycles. The van der Waals surface area contributed by atoms with E-state index in [1.807, 2.05) is 0 Å². The maximum Gasteiger partial charge on any atom is 0.339 e. The molecule has 0 unspecified atom stereocenters. The van der Waals surface area contributed by atoms with Gasteiger partial charge in [0.15, 0.2) is 0 Å². The maximum absolute atomic E-state index is 12.1. The molecule has 0 spiro atoms. The van der Waals surface area contributed by atoms with Crippen LogP contribution in [0.15, 0.2) is 52.3 Å². The maximum atomic E-state index is 12.1. The van der Waals surface area contributed by atoms with E-state index < -0.39 is 17.9 Å². The van der Waals surface area contributed by atoms with Crippen molar-refractivity contribution < 1.29 is 29.3 Å². The number of carbonyl (C=O) groups is 3. The SMILES string of the molecule is CCOC(=O)c1cc(C(=O)O)ccc1Sc1ccc(CC(=O)O)cc1. The van der Waals surface area contributed by atoms with Crippen LogP contribution < -0.4 is 0 Å². The van der Waals surface area contributed by atoms with Crippen molar-refractivity contribution in [2.75, 3.05) is 6.61 Å². The molecule has 0 saturated heterocycles. The summed E-state index contributed by atoms with van der Waals surface area (Å²) in [7, 11) is 0. The summed E-state index contributed by atoms with van der Waals surface area (Å²) in [6.45, 7) is 1.86. The molecule has 2 aromatic carbocycles. The lowest BCUT2D eigenvalue weighted by atomic mass is 10.1. The number of carboxylic acid groups (broad SMARTS) is 2. The first-order valence-electron chi connectivity index (χ1n) is 7.43. The molecule has 0 atom stereocenters. The van der Waals surface area contributed by atoms with Crippen LogP contribution in [0.25, 0.3) is 0 Å². The smallest absolute Gasteiger partial charge is 0.339 e. The predicted octanol–water partition coefficient (Wildman–Crippen LogP) is 3.34. The highest BCUT2D eigenvalue weighted by Gasteiger charge is 2.17. The Kier molecular flexibility index (Phi) is 6.19. The lowest BCUT2D eigenvalue weighted by Gasteiger charge is -2.10. The Hall–Kier alpha value is -2.80. The van der Waals surface area contributed by atoms with Crippen LogP contribution in [-0.2, 0) is 16.0 Å². The zero-order valence-corrected chi connectivity index (χ0v) is 14.2. The molecule has 130 valence electrons. The van der Waals surface area contributed by atoms with Crippen LogP contribution in [0.5, 0.6) is 0 Å². The van der Waals surface area contributed by atoms with Gasteiger partial charge in [-0.05, 0) is 42.8 Å². The third kappa shape index (κ3) is 5.09. The average Bonchev–Trinajstić information content (AvgIpc) is 2.56. The number of aliphatic carboxylic acids is 1. The largest absolute Gasteiger partial charge is 0.481 e. The molecule has 7 heteroatoms. The number of aromatic carboxylic acids is 1. The third-order valence-corrected chi connectivity index (χ3v) is 4.31. The van der Waals surface area contributed by atoms with Gasteiger partial charge in [-0.1, -0.05) is 23.9 Å². The fraction of sp³-hybridized carbons (Fsp3) is 0.167. The quantitative estimate of drug-likeness (QED) is 0.730. The first-order valence-corrected chi connectivity index (χ1v) is 8.25. The van der Waals surface area contributed by atoms with E-state index in [1.165, 1.54) is 23.9 Å². The number of benzene rings is 2. The molecule has 25 heavy (non-hydrogen) atoms. The monoisotopic (exact) mass is 360 g/mol. The molecular formula is C18H16O6S. The van der Waals surface area contributed by atoms with Crippen molar-refractivity contribution in [3.63, 3.8) is 0 Å². The molecule has 2 aromatic rings. The van der Waals surface area contributed by atoms with Gasteiger partial charge in [-0.15, -0.1) is 0 Å². The molecule has 0 aliphatic rings. The van der Waals surface area contributed by atoms with Gasteiger partial charge in [0.05, 0.1) is 24.2 Å². The topological polar surface area (TPSA) is 101 Å². The van der Waals surface area contributed by atoms with Crippen molar-refractivity contribution in [1.29, 1.82) is 0 Å². The minimum atomic E-state index is -1.12. The van der Waals surface area contributed by atoms with E-state index in [-0.39, 0.29) is 24.2 Å².